The van der Waals surface area contributed by atoms with Crippen LogP contribution in [0.4, 0.5) is 0 Å². The quantitative estimate of drug-likeness (QED) is 0.358. The highest BCUT2D eigenvalue weighted by Gasteiger charge is 2.27. The molecule has 0 saturated carbocycles. The minimum absolute atomic E-state index is 0.0401. The number of tetrazole rings is 1. The van der Waals surface area contributed by atoms with Gasteiger partial charge in [-0.3, -0.25) is 9.54 Å². The Morgan fingerprint density at radius 2 is 1.93 bits per heavy atom. The summed E-state index contributed by atoms with van der Waals surface area (Å²) in [6.45, 7) is 1.66. The van der Waals surface area contributed by atoms with Gasteiger partial charge >= 0.3 is 5.82 Å². The van der Waals surface area contributed by atoms with Gasteiger partial charge in [0.15, 0.2) is 0 Å². The summed E-state index contributed by atoms with van der Waals surface area (Å²) in [6, 6.07) is 11.3. The summed E-state index contributed by atoms with van der Waals surface area (Å²) >= 11 is 0. The normalized spacial score (nSPS) is 11.6. The highest BCUT2D eigenvalue weighted by Crippen LogP contribution is 2.24. The lowest BCUT2D eigenvalue weighted by Gasteiger charge is -2.06. The minimum atomic E-state index is -4.50. The number of aliphatic hydroxyl groups excluding tert-OH is 1. The summed E-state index contributed by atoms with van der Waals surface area (Å²) in [5, 5.41) is 18.7. The zero-order valence-corrected chi connectivity index (χ0v) is 16.6. The number of aliphatic hydroxyl groups is 1. The molecule has 0 fully saturated rings. The Kier molecular flexibility index (Phi) is 5.08. The Balaban J connectivity index is 2.00. The second-order valence-electron chi connectivity index (χ2n) is 6.43. The molecule has 0 bridgehead atoms. The van der Waals surface area contributed by atoms with Crippen LogP contribution in [0, 0.1) is 6.92 Å². The average molecular weight is 425 g/mol. The first-order valence-corrected chi connectivity index (χ1v) is 10.3. The average Bonchev–Trinajstić information content (AvgIpc) is 3.19. The van der Waals surface area contributed by atoms with E-state index in [4.69, 9.17) is 0 Å². The predicted octanol–water partition coefficient (Wildman–Crippen LogP) is 1.05. The summed E-state index contributed by atoms with van der Waals surface area (Å²) in [4.78, 5) is 10.7. The van der Waals surface area contributed by atoms with Crippen LogP contribution in [0.1, 0.15) is 11.1 Å². The first-order valence-electron chi connectivity index (χ1n) is 8.82. The van der Waals surface area contributed by atoms with Gasteiger partial charge in [-0.15, -0.1) is 4.98 Å². The number of benzene rings is 2. The highest BCUT2D eigenvalue weighted by atomic mass is 32.2. The minimum Gasteiger partial charge on any atom is -0.392 e. The fourth-order valence-corrected chi connectivity index (χ4v) is 3.69. The topological polar surface area (TPSA) is 135 Å². The number of aromatic nitrogens is 6. The summed E-state index contributed by atoms with van der Waals surface area (Å²) in [5.74, 6) is 0.364. The smallest absolute Gasteiger partial charge is 0.324 e. The van der Waals surface area contributed by atoms with E-state index in [2.05, 4.69) is 20.2 Å². The molecule has 2 aromatic heterocycles. The van der Waals surface area contributed by atoms with Crippen molar-refractivity contribution in [3.8, 4) is 22.9 Å². The molecule has 152 valence electrons. The number of hydrogen-bond donors (Lipinski definition) is 2. The van der Waals surface area contributed by atoms with Crippen LogP contribution in [0.25, 0.3) is 22.9 Å². The van der Waals surface area contributed by atoms with Crippen LogP contribution in [0.15, 0.2) is 66.0 Å². The van der Waals surface area contributed by atoms with Gasteiger partial charge in [-0.25, -0.2) is 0 Å². The number of rotatable bonds is 5. The first kappa shape index (κ1) is 19.8. The van der Waals surface area contributed by atoms with E-state index in [0.717, 1.165) is 5.56 Å². The number of aryl methyl sites for hydroxylation is 1. The zero-order valence-electron chi connectivity index (χ0n) is 15.8. The second-order valence-corrected chi connectivity index (χ2v) is 7.82. The van der Waals surface area contributed by atoms with Gasteiger partial charge in [0.05, 0.1) is 18.4 Å². The van der Waals surface area contributed by atoms with Crippen LogP contribution in [0.2, 0.25) is 0 Å². The maximum Gasteiger partial charge on any atom is 0.324 e. The molecule has 10 nitrogen and oxygen atoms in total. The Morgan fingerprint density at radius 1 is 1.13 bits per heavy atom. The van der Waals surface area contributed by atoms with E-state index in [1.165, 1.54) is 46.4 Å². The van der Waals surface area contributed by atoms with Gasteiger partial charge < -0.3 is 5.11 Å². The van der Waals surface area contributed by atoms with Crippen LogP contribution in [-0.4, -0.2) is 43.0 Å². The van der Waals surface area contributed by atoms with Crippen LogP contribution >= 0.6 is 0 Å². The maximum atomic E-state index is 11.8. The Morgan fingerprint density at radius 3 is 2.63 bits per heavy atom. The molecular weight excluding hydrogens is 408 g/mol. The van der Waals surface area contributed by atoms with Crippen molar-refractivity contribution >= 4 is 10.1 Å². The maximum absolute atomic E-state index is 11.8. The number of nitrogens with zero attached hydrogens (tertiary/aromatic N) is 6. The van der Waals surface area contributed by atoms with Gasteiger partial charge in [0.25, 0.3) is 15.9 Å². The van der Waals surface area contributed by atoms with E-state index in [-0.39, 0.29) is 22.9 Å². The second kappa shape index (κ2) is 7.71. The molecule has 0 radical (unpaired) electrons. The van der Waals surface area contributed by atoms with Gasteiger partial charge in [-0.2, -0.15) is 8.42 Å². The fourth-order valence-electron chi connectivity index (χ4n) is 3.00. The molecule has 2 heterocycles. The Labute approximate surface area is 171 Å². The van der Waals surface area contributed by atoms with Crippen molar-refractivity contribution in [1.82, 2.24) is 25.0 Å². The molecule has 0 unspecified atom stereocenters. The molecule has 0 amide bonds. The Bertz CT molecular complexity index is 1320. The van der Waals surface area contributed by atoms with E-state index in [0.29, 0.717) is 17.1 Å². The van der Waals surface area contributed by atoms with Crippen LogP contribution in [0.3, 0.4) is 0 Å². The van der Waals surface area contributed by atoms with Gasteiger partial charge in [0.1, 0.15) is 23.0 Å². The molecule has 0 atom stereocenters. The SMILES string of the molecule is Cc1ccc(-n2nc(-c3ccccc3S(=O)(=O)O)n[n+]2-c2cnccn2)c(CO)c1. The molecule has 30 heavy (non-hydrogen) atoms. The molecule has 0 saturated heterocycles. The van der Waals surface area contributed by atoms with E-state index in [1.807, 2.05) is 19.1 Å². The lowest BCUT2D eigenvalue weighted by molar-refractivity contribution is -0.737. The lowest BCUT2D eigenvalue weighted by Crippen LogP contribution is -2.44. The standard InChI is InChI=1S/C19H16N6O4S/c1-13-6-7-16(14(10-13)12-26)24-22-19(23-25(24)18-11-20-8-9-21-18)15-4-2-3-5-17(15)30(27,28)29/h2-11,26H,12H2,1H3/p+1. The predicted molar refractivity (Wildman–Crippen MR) is 104 cm³/mol. The van der Waals surface area contributed by atoms with Crippen molar-refractivity contribution in [2.75, 3.05) is 0 Å². The monoisotopic (exact) mass is 425 g/mol. The van der Waals surface area contributed by atoms with Gasteiger partial charge in [0.2, 0.25) is 0 Å². The van der Waals surface area contributed by atoms with E-state index in [9.17, 15) is 18.1 Å². The van der Waals surface area contributed by atoms with E-state index < -0.39 is 10.1 Å². The molecule has 4 aromatic rings. The summed E-state index contributed by atoms with van der Waals surface area (Å²) in [7, 11) is -4.50. The molecule has 0 spiro atoms. The molecule has 2 N–H and O–H groups in total. The summed E-state index contributed by atoms with van der Waals surface area (Å²) in [6.07, 6.45) is 4.45. The van der Waals surface area contributed by atoms with Crippen molar-refractivity contribution in [3.63, 3.8) is 0 Å². The highest BCUT2D eigenvalue weighted by molar-refractivity contribution is 7.86. The lowest BCUT2D eigenvalue weighted by atomic mass is 10.1. The first-order chi connectivity index (χ1) is 14.4. The van der Waals surface area contributed by atoms with Crippen molar-refractivity contribution in [3.05, 3.63) is 72.2 Å². The zero-order chi connectivity index (χ0) is 21.3. The van der Waals surface area contributed by atoms with Gasteiger partial charge in [-0.1, -0.05) is 29.8 Å². The van der Waals surface area contributed by atoms with Crippen LogP contribution in [-0.2, 0) is 16.7 Å². The van der Waals surface area contributed by atoms with Crippen LogP contribution < -0.4 is 4.80 Å². The van der Waals surface area contributed by atoms with Crippen LogP contribution in [0.5, 0.6) is 0 Å². The van der Waals surface area contributed by atoms with Crippen molar-refractivity contribution in [2.45, 2.75) is 18.4 Å². The van der Waals surface area contributed by atoms with E-state index in [1.54, 1.807) is 12.1 Å². The largest absolute Gasteiger partial charge is 0.392 e. The molecule has 4 rings (SSSR count). The van der Waals surface area contributed by atoms with Crippen molar-refractivity contribution in [1.29, 1.82) is 0 Å². The Hall–Kier alpha value is -3.54. The molecule has 11 heteroatoms. The third kappa shape index (κ3) is 3.68. The molecule has 2 aromatic carbocycles. The van der Waals surface area contributed by atoms with Crippen molar-refractivity contribution in [2.24, 2.45) is 0 Å². The molecule has 0 aliphatic heterocycles. The fraction of sp³-hybridized carbons (Fsp3) is 0.105. The third-order valence-electron chi connectivity index (χ3n) is 4.34. The van der Waals surface area contributed by atoms with Crippen molar-refractivity contribution < 1.29 is 22.9 Å². The van der Waals surface area contributed by atoms with E-state index >= 15 is 0 Å². The third-order valence-corrected chi connectivity index (χ3v) is 5.25. The summed E-state index contributed by atoms with van der Waals surface area (Å²) in [5.41, 5.74) is 2.18. The summed E-state index contributed by atoms with van der Waals surface area (Å²) < 4.78 is 33.3. The van der Waals surface area contributed by atoms with Gasteiger partial charge in [-0.05, 0) is 39.8 Å². The molecule has 0 aliphatic rings. The molecular formula is C19H17N6O4S+. The van der Waals surface area contributed by atoms with Gasteiger partial charge in [0, 0.05) is 10.7 Å². The number of hydrogen-bond acceptors (Lipinski definition) is 7. The molecule has 0 aliphatic carbocycles.